The number of carbonyl (C=O) groups excluding carboxylic acids is 1. The van der Waals surface area contributed by atoms with Crippen molar-refractivity contribution in [3.05, 3.63) is 12.2 Å². The molecule has 0 fully saturated rings. The van der Waals surface area contributed by atoms with Crippen molar-refractivity contribution >= 4 is 5.97 Å². The quantitative estimate of drug-likeness (QED) is 0.112. The van der Waals surface area contributed by atoms with E-state index in [0.717, 1.165) is 44.9 Å². The van der Waals surface area contributed by atoms with Crippen LogP contribution in [-0.2, 0) is 9.53 Å². The van der Waals surface area contributed by atoms with E-state index in [4.69, 9.17) is 4.74 Å². The summed E-state index contributed by atoms with van der Waals surface area (Å²) in [7, 11) is 0. The minimum absolute atomic E-state index is 0.0188. The van der Waals surface area contributed by atoms with Gasteiger partial charge < -0.3 is 9.84 Å². The van der Waals surface area contributed by atoms with Crippen LogP contribution in [0.25, 0.3) is 0 Å². The van der Waals surface area contributed by atoms with Gasteiger partial charge in [-0.3, -0.25) is 4.79 Å². The van der Waals surface area contributed by atoms with Crippen molar-refractivity contribution in [1.82, 2.24) is 0 Å². The Hall–Kier alpha value is -0.830. The van der Waals surface area contributed by atoms with Gasteiger partial charge in [0.1, 0.15) is 0 Å². The fraction of sp³-hybridized carbons (Fsp3) is 0.885. The fourth-order valence-corrected chi connectivity index (χ4v) is 3.50. The summed E-state index contributed by atoms with van der Waals surface area (Å²) in [5.74, 6) is -0.0188. The maximum Gasteiger partial charge on any atom is 0.305 e. The first kappa shape index (κ1) is 28.2. The number of hydrogen-bond acceptors (Lipinski definition) is 3. The standard InChI is InChI=1S/C26H50O3/c1-3-5-7-9-16-20-24-29-26(28)23-19-15-13-11-10-12-14-18-22-25(27)21-17-8-6-4-2/h14,18,25,27H,3-13,15-17,19-24H2,1-2H3/b18-14+. The molecule has 0 spiro atoms. The molecule has 0 aromatic carbocycles. The highest BCUT2D eigenvalue weighted by atomic mass is 16.5. The molecule has 0 saturated heterocycles. The van der Waals surface area contributed by atoms with Crippen molar-refractivity contribution in [2.45, 2.75) is 142 Å². The Bertz CT molecular complexity index is 365. The molecule has 29 heavy (non-hydrogen) atoms. The van der Waals surface area contributed by atoms with Gasteiger partial charge in [0, 0.05) is 6.42 Å². The summed E-state index contributed by atoms with van der Waals surface area (Å²) in [6.07, 6.45) is 25.6. The van der Waals surface area contributed by atoms with Crippen LogP contribution in [0.4, 0.5) is 0 Å². The van der Waals surface area contributed by atoms with Gasteiger partial charge in [0.05, 0.1) is 12.7 Å². The second kappa shape index (κ2) is 23.4. The SMILES string of the molecule is CCCCCCCCOC(=O)CCCCCCC/C=C/CC(O)CCCCCC. The van der Waals surface area contributed by atoms with Crippen LogP contribution in [0.15, 0.2) is 12.2 Å². The van der Waals surface area contributed by atoms with Gasteiger partial charge >= 0.3 is 5.97 Å². The van der Waals surface area contributed by atoms with Gasteiger partial charge in [0.25, 0.3) is 0 Å². The minimum Gasteiger partial charge on any atom is -0.466 e. The average Bonchev–Trinajstić information content (AvgIpc) is 2.72. The van der Waals surface area contributed by atoms with Gasteiger partial charge in [0.15, 0.2) is 0 Å². The van der Waals surface area contributed by atoms with Crippen molar-refractivity contribution in [2.75, 3.05) is 6.61 Å². The highest BCUT2D eigenvalue weighted by Crippen LogP contribution is 2.11. The summed E-state index contributed by atoms with van der Waals surface area (Å²) in [6, 6.07) is 0. The molecule has 0 amide bonds. The van der Waals surface area contributed by atoms with Crippen molar-refractivity contribution in [2.24, 2.45) is 0 Å². The van der Waals surface area contributed by atoms with E-state index >= 15 is 0 Å². The Labute approximate surface area is 181 Å². The normalized spacial score (nSPS) is 12.5. The molecule has 0 aromatic rings. The van der Waals surface area contributed by atoms with E-state index < -0.39 is 0 Å². The molecule has 0 aliphatic heterocycles. The molecule has 172 valence electrons. The lowest BCUT2D eigenvalue weighted by atomic mass is 10.1. The lowest BCUT2D eigenvalue weighted by Crippen LogP contribution is -2.05. The number of rotatable bonds is 22. The van der Waals surface area contributed by atoms with Crippen LogP contribution in [-0.4, -0.2) is 23.8 Å². The molecule has 0 aromatic heterocycles. The third-order valence-corrected chi connectivity index (χ3v) is 5.48. The molecule has 1 N–H and O–H groups in total. The number of unbranched alkanes of at least 4 members (excludes halogenated alkanes) is 13. The molecule has 0 bridgehead atoms. The number of hydrogen-bond donors (Lipinski definition) is 1. The van der Waals surface area contributed by atoms with Crippen LogP contribution in [0, 0.1) is 0 Å². The van der Waals surface area contributed by atoms with E-state index in [9.17, 15) is 9.90 Å². The summed E-state index contributed by atoms with van der Waals surface area (Å²) >= 11 is 0. The molecule has 0 radical (unpaired) electrons. The van der Waals surface area contributed by atoms with Crippen LogP contribution in [0.1, 0.15) is 136 Å². The van der Waals surface area contributed by atoms with Gasteiger partial charge in [-0.15, -0.1) is 0 Å². The predicted molar refractivity (Wildman–Crippen MR) is 125 cm³/mol. The van der Waals surface area contributed by atoms with E-state index in [1.165, 1.54) is 70.6 Å². The first-order valence-corrected chi connectivity index (χ1v) is 12.7. The van der Waals surface area contributed by atoms with Crippen LogP contribution in [0.2, 0.25) is 0 Å². The van der Waals surface area contributed by atoms with Crippen LogP contribution >= 0.6 is 0 Å². The number of esters is 1. The molecule has 0 aliphatic rings. The molecule has 0 rings (SSSR count). The number of aliphatic hydroxyl groups excluding tert-OH is 1. The summed E-state index contributed by atoms with van der Waals surface area (Å²) < 4.78 is 5.31. The highest BCUT2D eigenvalue weighted by molar-refractivity contribution is 5.69. The summed E-state index contributed by atoms with van der Waals surface area (Å²) in [5, 5.41) is 9.92. The topological polar surface area (TPSA) is 46.5 Å². The smallest absolute Gasteiger partial charge is 0.305 e. The third kappa shape index (κ3) is 23.3. The highest BCUT2D eigenvalue weighted by Gasteiger charge is 2.03. The van der Waals surface area contributed by atoms with E-state index in [-0.39, 0.29) is 12.1 Å². The van der Waals surface area contributed by atoms with Gasteiger partial charge in [-0.05, 0) is 38.5 Å². The average molecular weight is 411 g/mol. The summed E-state index contributed by atoms with van der Waals surface area (Å²) in [5.41, 5.74) is 0. The van der Waals surface area contributed by atoms with Crippen LogP contribution in [0.5, 0.6) is 0 Å². The third-order valence-electron chi connectivity index (χ3n) is 5.48. The molecular formula is C26H50O3. The minimum atomic E-state index is -0.163. The van der Waals surface area contributed by atoms with E-state index in [1.54, 1.807) is 0 Å². The zero-order valence-corrected chi connectivity index (χ0v) is 19.6. The number of ether oxygens (including phenoxy) is 1. The molecule has 1 unspecified atom stereocenters. The van der Waals surface area contributed by atoms with E-state index in [1.807, 2.05) is 0 Å². The zero-order chi connectivity index (χ0) is 21.4. The monoisotopic (exact) mass is 410 g/mol. The fourth-order valence-electron chi connectivity index (χ4n) is 3.50. The van der Waals surface area contributed by atoms with Crippen LogP contribution in [0.3, 0.4) is 0 Å². The van der Waals surface area contributed by atoms with Gasteiger partial charge in [-0.1, -0.05) is 103 Å². The first-order valence-electron chi connectivity index (χ1n) is 12.7. The second-order valence-electron chi connectivity index (χ2n) is 8.50. The lowest BCUT2D eigenvalue weighted by Gasteiger charge is -2.07. The zero-order valence-electron chi connectivity index (χ0n) is 19.6. The number of carbonyl (C=O) groups is 1. The predicted octanol–water partition coefficient (Wildman–Crippen LogP) is 7.90. The van der Waals surface area contributed by atoms with Crippen LogP contribution < -0.4 is 0 Å². The van der Waals surface area contributed by atoms with Crippen molar-refractivity contribution < 1.29 is 14.6 Å². The maximum absolute atomic E-state index is 11.7. The largest absolute Gasteiger partial charge is 0.466 e. The summed E-state index contributed by atoms with van der Waals surface area (Å²) in [6.45, 7) is 5.04. The number of allylic oxidation sites excluding steroid dienone is 1. The van der Waals surface area contributed by atoms with Crippen molar-refractivity contribution in [1.29, 1.82) is 0 Å². The van der Waals surface area contributed by atoms with E-state index in [2.05, 4.69) is 26.0 Å². The Balaban J connectivity index is 3.30. The van der Waals surface area contributed by atoms with E-state index in [0.29, 0.717) is 13.0 Å². The molecule has 0 saturated carbocycles. The summed E-state index contributed by atoms with van der Waals surface area (Å²) in [4.78, 5) is 11.7. The molecule has 3 nitrogen and oxygen atoms in total. The molecule has 3 heteroatoms. The van der Waals surface area contributed by atoms with Crippen molar-refractivity contribution in [3.8, 4) is 0 Å². The van der Waals surface area contributed by atoms with Gasteiger partial charge in [-0.25, -0.2) is 0 Å². The van der Waals surface area contributed by atoms with Crippen molar-refractivity contribution in [3.63, 3.8) is 0 Å². The molecule has 0 heterocycles. The van der Waals surface area contributed by atoms with Gasteiger partial charge in [0.2, 0.25) is 0 Å². The molecule has 1 atom stereocenters. The first-order chi connectivity index (χ1) is 14.2. The molecular weight excluding hydrogens is 360 g/mol. The Kier molecular flexibility index (Phi) is 22.8. The Morgan fingerprint density at radius 2 is 1.34 bits per heavy atom. The second-order valence-corrected chi connectivity index (χ2v) is 8.50. The Morgan fingerprint density at radius 1 is 0.759 bits per heavy atom. The van der Waals surface area contributed by atoms with Gasteiger partial charge in [-0.2, -0.15) is 0 Å². The maximum atomic E-state index is 11.7. The lowest BCUT2D eigenvalue weighted by molar-refractivity contribution is -0.143. The molecule has 0 aliphatic carbocycles. The number of aliphatic hydroxyl groups is 1. The Morgan fingerprint density at radius 3 is 2.07 bits per heavy atom.